The van der Waals surface area contributed by atoms with Gasteiger partial charge in [0.05, 0.1) is 10.2 Å². The molecule has 4 nitrogen and oxygen atoms in total. The van der Waals surface area contributed by atoms with Gasteiger partial charge in [-0.25, -0.2) is 4.68 Å². The Morgan fingerprint density at radius 2 is 2.11 bits per heavy atom. The summed E-state index contributed by atoms with van der Waals surface area (Å²) in [5.41, 5.74) is 2.15. The van der Waals surface area contributed by atoms with Gasteiger partial charge in [-0.05, 0) is 54.5 Å². The Balaban J connectivity index is 2.24. The van der Waals surface area contributed by atoms with Crippen molar-refractivity contribution in [1.29, 1.82) is 0 Å². The Morgan fingerprint density at radius 1 is 1.37 bits per heavy atom. The quantitative estimate of drug-likeness (QED) is 0.935. The van der Waals surface area contributed by atoms with Gasteiger partial charge in [0.2, 0.25) is 5.88 Å². The molecule has 1 heterocycles. The van der Waals surface area contributed by atoms with Crippen LogP contribution in [0.5, 0.6) is 11.6 Å². The van der Waals surface area contributed by atoms with Gasteiger partial charge in [-0.1, -0.05) is 6.07 Å². The molecule has 0 radical (unpaired) electrons. The molecular weight excluding hydrogens is 306 g/mol. The molecule has 1 aromatic heterocycles. The van der Waals surface area contributed by atoms with Crippen LogP contribution in [0.15, 0.2) is 28.7 Å². The first-order valence-electron chi connectivity index (χ1n) is 6.16. The third kappa shape index (κ3) is 3.16. The van der Waals surface area contributed by atoms with E-state index in [4.69, 9.17) is 4.74 Å². The molecule has 0 aliphatic rings. The normalized spacial score (nSPS) is 12.5. The van der Waals surface area contributed by atoms with Gasteiger partial charge >= 0.3 is 0 Å². The van der Waals surface area contributed by atoms with Crippen LogP contribution in [0.3, 0.4) is 0 Å². The monoisotopic (exact) mass is 323 g/mol. The van der Waals surface area contributed by atoms with Crippen LogP contribution in [-0.2, 0) is 7.05 Å². The highest BCUT2D eigenvalue weighted by molar-refractivity contribution is 9.10. The van der Waals surface area contributed by atoms with Crippen molar-refractivity contribution in [2.45, 2.75) is 19.9 Å². The predicted octanol–water partition coefficient (Wildman–Crippen LogP) is 3.56. The van der Waals surface area contributed by atoms with Crippen molar-refractivity contribution in [1.82, 2.24) is 15.1 Å². The first-order valence-corrected chi connectivity index (χ1v) is 6.95. The Kier molecular flexibility index (Phi) is 4.27. The van der Waals surface area contributed by atoms with Crippen molar-refractivity contribution in [2.24, 2.45) is 7.05 Å². The lowest BCUT2D eigenvalue weighted by Gasteiger charge is -2.13. The number of halogens is 1. The Bertz CT molecular complexity index is 580. The highest BCUT2D eigenvalue weighted by atomic mass is 79.9. The third-order valence-corrected chi connectivity index (χ3v) is 3.68. The fourth-order valence-corrected chi connectivity index (χ4v) is 2.31. The molecule has 0 saturated heterocycles. The first-order chi connectivity index (χ1) is 9.01. The summed E-state index contributed by atoms with van der Waals surface area (Å²) in [5, 5.41) is 7.48. The van der Waals surface area contributed by atoms with Crippen LogP contribution in [0.2, 0.25) is 0 Å². The van der Waals surface area contributed by atoms with Gasteiger partial charge in [0.15, 0.2) is 0 Å². The van der Waals surface area contributed by atoms with Gasteiger partial charge < -0.3 is 10.1 Å². The summed E-state index contributed by atoms with van der Waals surface area (Å²) < 4.78 is 8.53. The number of rotatable bonds is 4. The number of benzene rings is 1. The number of aromatic nitrogens is 2. The van der Waals surface area contributed by atoms with Crippen LogP contribution in [0, 0.1) is 6.92 Å². The second-order valence-electron chi connectivity index (χ2n) is 4.55. The minimum absolute atomic E-state index is 0.310. The molecule has 0 aliphatic carbocycles. The molecule has 0 bridgehead atoms. The molecule has 102 valence electrons. The maximum atomic E-state index is 5.86. The van der Waals surface area contributed by atoms with Gasteiger partial charge in [-0.15, -0.1) is 0 Å². The summed E-state index contributed by atoms with van der Waals surface area (Å²) in [7, 11) is 3.81. The second-order valence-corrected chi connectivity index (χ2v) is 5.40. The molecule has 0 fully saturated rings. The molecule has 1 unspecified atom stereocenters. The standard InChI is InChI=1S/C14H18BrN3O/c1-9-7-14(18(4)17-9)19-13-6-5-11(8-12(13)15)10(2)16-3/h5-8,10,16H,1-4H3. The van der Waals surface area contributed by atoms with E-state index in [0.717, 1.165) is 21.8 Å². The Labute approximate surface area is 121 Å². The summed E-state index contributed by atoms with van der Waals surface area (Å²) >= 11 is 3.55. The fraction of sp³-hybridized carbons (Fsp3) is 0.357. The number of hydrogen-bond acceptors (Lipinski definition) is 3. The van der Waals surface area contributed by atoms with Gasteiger partial charge in [0, 0.05) is 19.2 Å². The molecular formula is C14H18BrN3O. The van der Waals surface area contributed by atoms with Crippen molar-refractivity contribution >= 4 is 15.9 Å². The van der Waals surface area contributed by atoms with Crippen LogP contribution in [0.4, 0.5) is 0 Å². The number of nitrogens with one attached hydrogen (secondary N) is 1. The van der Waals surface area contributed by atoms with Gasteiger partial charge in [0.1, 0.15) is 5.75 Å². The zero-order valence-electron chi connectivity index (χ0n) is 11.6. The van der Waals surface area contributed by atoms with E-state index in [1.807, 2.05) is 33.2 Å². The first kappa shape index (κ1) is 14.1. The lowest BCUT2D eigenvalue weighted by atomic mass is 10.1. The molecule has 2 rings (SSSR count). The summed E-state index contributed by atoms with van der Waals surface area (Å²) in [5.74, 6) is 1.52. The van der Waals surface area contributed by atoms with E-state index in [1.165, 1.54) is 5.56 Å². The van der Waals surface area contributed by atoms with E-state index in [9.17, 15) is 0 Å². The van der Waals surface area contributed by atoms with E-state index in [-0.39, 0.29) is 0 Å². The van der Waals surface area contributed by atoms with E-state index in [1.54, 1.807) is 4.68 Å². The predicted molar refractivity (Wildman–Crippen MR) is 79.6 cm³/mol. The zero-order chi connectivity index (χ0) is 14.0. The lowest BCUT2D eigenvalue weighted by molar-refractivity contribution is 0.428. The molecule has 0 aliphatic heterocycles. The second kappa shape index (κ2) is 5.75. The maximum Gasteiger partial charge on any atom is 0.217 e. The molecule has 5 heteroatoms. The van der Waals surface area contributed by atoms with Crippen molar-refractivity contribution < 1.29 is 4.74 Å². The number of ether oxygens (including phenoxy) is 1. The molecule has 19 heavy (non-hydrogen) atoms. The molecule has 2 aromatic rings. The lowest BCUT2D eigenvalue weighted by Crippen LogP contribution is -2.12. The minimum atomic E-state index is 0.310. The van der Waals surface area contributed by atoms with E-state index in [0.29, 0.717) is 6.04 Å². The Morgan fingerprint density at radius 3 is 2.63 bits per heavy atom. The molecule has 0 saturated carbocycles. The van der Waals surface area contributed by atoms with Crippen molar-refractivity contribution in [3.63, 3.8) is 0 Å². The van der Waals surface area contributed by atoms with Crippen LogP contribution in [-0.4, -0.2) is 16.8 Å². The maximum absolute atomic E-state index is 5.86. The van der Waals surface area contributed by atoms with Crippen LogP contribution >= 0.6 is 15.9 Å². The van der Waals surface area contributed by atoms with Crippen molar-refractivity contribution in [2.75, 3.05) is 7.05 Å². The number of hydrogen-bond donors (Lipinski definition) is 1. The highest BCUT2D eigenvalue weighted by Gasteiger charge is 2.10. The summed E-state index contributed by atoms with van der Waals surface area (Å²) in [4.78, 5) is 0. The summed E-state index contributed by atoms with van der Waals surface area (Å²) in [6, 6.07) is 8.32. The average Bonchev–Trinajstić information content (AvgIpc) is 2.69. The van der Waals surface area contributed by atoms with Gasteiger partial charge in [0.25, 0.3) is 0 Å². The van der Waals surface area contributed by atoms with Crippen molar-refractivity contribution in [3.8, 4) is 11.6 Å². The molecule has 1 atom stereocenters. The SMILES string of the molecule is CNC(C)c1ccc(Oc2cc(C)nn2C)c(Br)c1. The zero-order valence-corrected chi connectivity index (χ0v) is 13.2. The Hall–Kier alpha value is -1.33. The smallest absolute Gasteiger partial charge is 0.217 e. The highest BCUT2D eigenvalue weighted by Crippen LogP contribution is 2.32. The van der Waals surface area contributed by atoms with Crippen LogP contribution in [0.1, 0.15) is 24.2 Å². The molecule has 1 aromatic carbocycles. The largest absolute Gasteiger partial charge is 0.438 e. The van der Waals surface area contributed by atoms with Crippen LogP contribution in [0.25, 0.3) is 0 Å². The van der Waals surface area contributed by atoms with E-state index >= 15 is 0 Å². The number of nitrogens with zero attached hydrogens (tertiary/aromatic N) is 2. The van der Waals surface area contributed by atoms with E-state index < -0.39 is 0 Å². The van der Waals surface area contributed by atoms with Gasteiger partial charge in [-0.3, -0.25) is 0 Å². The average molecular weight is 324 g/mol. The topological polar surface area (TPSA) is 39.1 Å². The molecule has 0 spiro atoms. The fourth-order valence-electron chi connectivity index (χ4n) is 1.83. The number of aryl methyl sites for hydroxylation is 2. The third-order valence-electron chi connectivity index (χ3n) is 3.06. The van der Waals surface area contributed by atoms with Crippen LogP contribution < -0.4 is 10.1 Å². The van der Waals surface area contributed by atoms with Gasteiger partial charge in [-0.2, -0.15) is 5.10 Å². The summed E-state index contributed by atoms with van der Waals surface area (Å²) in [6.45, 7) is 4.06. The minimum Gasteiger partial charge on any atom is -0.438 e. The van der Waals surface area contributed by atoms with E-state index in [2.05, 4.69) is 45.4 Å². The van der Waals surface area contributed by atoms with Crippen molar-refractivity contribution in [3.05, 3.63) is 40.0 Å². The molecule has 0 amide bonds. The summed E-state index contributed by atoms with van der Waals surface area (Å²) in [6.07, 6.45) is 0. The molecule has 1 N–H and O–H groups in total.